The van der Waals surface area contributed by atoms with Gasteiger partial charge in [-0.25, -0.2) is 5.01 Å². The lowest BCUT2D eigenvalue weighted by molar-refractivity contribution is -0.130. The van der Waals surface area contributed by atoms with Crippen molar-refractivity contribution < 1.29 is 19.1 Å². The second-order valence-electron chi connectivity index (χ2n) is 6.72. The van der Waals surface area contributed by atoms with E-state index in [2.05, 4.69) is 10.7 Å². The van der Waals surface area contributed by atoms with E-state index in [9.17, 15) is 14.4 Å². The summed E-state index contributed by atoms with van der Waals surface area (Å²) in [6, 6.07) is 12.2. The molecule has 2 aromatic carbocycles. The largest absolute Gasteiger partial charge is 0.494 e. The smallest absolute Gasteiger partial charge is 0.269 e. The molecule has 10 heteroatoms. The molecule has 0 saturated carbocycles. The van der Waals surface area contributed by atoms with E-state index in [0.717, 1.165) is 0 Å². The first kappa shape index (κ1) is 22.5. The van der Waals surface area contributed by atoms with Crippen LogP contribution in [0.1, 0.15) is 23.7 Å². The van der Waals surface area contributed by atoms with Crippen molar-refractivity contribution in [2.45, 2.75) is 19.4 Å². The number of nitrogens with one attached hydrogen (secondary N) is 2. The van der Waals surface area contributed by atoms with Gasteiger partial charge >= 0.3 is 0 Å². The van der Waals surface area contributed by atoms with Gasteiger partial charge in [0.25, 0.3) is 11.8 Å². The van der Waals surface area contributed by atoms with Crippen LogP contribution in [0.15, 0.2) is 48.5 Å². The Hall–Kier alpha value is -3.17. The molecule has 31 heavy (non-hydrogen) atoms. The summed E-state index contributed by atoms with van der Waals surface area (Å²) >= 11 is 11.1. The maximum atomic E-state index is 12.6. The summed E-state index contributed by atoms with van der Waals surface area (Å²) in [4.78, 5) is 39.0. The molecule has 1 atom stereocenters. The highest BCUT2D eigenvalue weighted by molar-refractivity contribution is 7.80. The van der Waals surface area contributed by atoms with Crippen molar-refractivity contribution in [1.29, 1.82) is 0 Å². The van der Waals surface area contributed by atoms with Gasteiger partial charge in [-0.3, -0.25) is 24.7 Å². The summed E-state index contributed by atoms with van der Waals surface area (Å²) in [6.45, 7) is 2.42. The number of halogens is 1. The zero-order chi connectivity index (χ0) is 22.5. The molecule has 162 valence electrons. The number of amides is 3. The van der Waals surface area contributed by atoms with E-state index in [-0.39, 0.29) is 17.4 Å². The number of ether oxygens (including phenoxy) is 1. The molecule has 0 spiro atoms. The van der Waals surface area contributed by atoms with Gasteiger partial charge in [0.15, 0.2) is 5.11 Å². The van der Waals surface area contributed by atoms with Crippen molar-refractivity contribution in [2.75, 3.05) is 19.0 Å². The van der Waals surface area contributed by atoms with Crippen molar-refractivity contribution >= 4 is 52.3 Å². The van der Waals surface area contributed by atoms with Gasteiger partial charge in [0, 0.05) is 23.3 Å². The van der Waals surface area contributed by atoms with Crippen LogP contribution in [0.25, 0.3) is 0 Å². The minimum atomic E-state index is -0.962. The van der Waals surface area contributed by atoms with E-state index >= 15 is 0 Å². The maximum Gasteiger partial charge on any atom is 0.269 e. The fourth-order valence-corrected chi connectivity index (χ4v) is 3.38. The minimum Gasteiger partial charge on any atom is -0.494 e. The number of likely N-dealkylation sites (N-methyl/N-ethyl adjacent to an activating group) is 1. The van der Waals surface area contributed by atoms with Crippen LogP contribution >= 0.6 is 23.8 Å². The van der Waals surface area contributed by atoms with Crippen molar-refractivity contribution in [3.63, 3.8) is 0 Å². The zero-order valence-electron chi connectivity index (χ0n) is 16.9. The Balaban J connectivity index is 1.68. The summed E-state index contributed by atoms with van der Waals surface area (Å²) < 4.78 is 5.37. The van der Waals surface area contributed by atoms with Crippen LogP contribution in [0.3, 0.4) is 0 Å². The first-order valence-corrected chi connectivity index (χ1v) is 10.3. The molecular weight excluding hydrogens is 440 g/mol. The van der Waals surface area contributed by atoms with Crippen molar-refractivity contribution in [3.05, 3.63) is 59.1 Å². The quantitative estimate of drug-likeness (QED) is 0.617. The van der Waals surface area contributed by atoms with Crippen LogP contribution < -0.4 is 15.5 Å². The van der Waals surface area contributed by atoms with Gasteiger partial charge in [-0.05, 0) is 67.7 Å². The van der Waals surface area contributed by atoms with Gasteiger partial charge in [-0.15, -0.1) is 0 Å². The fraction of sp³-hybridized carbons (Fsp3) is 0.238. The van der Waals surface area contributed by atoms with Gasteiger partial charge in [0.05, 0.1) is 13.0 Å². The normalized spacial score (nSPS) is 15.8. The van der Waals surface area contributed by atoms with E-state index in [0.29, 0.717) is 28.6 Å². The monoisotopic (exact) mass is 460 g/mol. The van der Waals surface area contributed by atoms with E-state index in [1.807, 2.05) is 6.92 Å². The number of benzene rings is 2. The number of anilines is 1. The first-order chi connectivity index (χ1) is 14.8. The predicted molar refractivity (Wildman–Crippen MR) is 121 cm³/mol. The Morgan fingerprint density at radius 2 is 1.77 bits per heavy atom. The summed E-state index contributed by atoms with van der Waals surface area (Å²) in [6.07, 6.45) is -0.197. The van der Waals surface area contributed by atoms with Gasteiger partial charge < -0.3 is 10.1 Å². The molecule has 0 bridgehead atoms. The van der Waals surface area contributed by atoms with Crippen molar-refractivity contribution in [2.24, 2.45) is 0 Å². The standard InChI is InChI=1S/C21H21ClN4O4S/c1-3-30-16-10-8-15(9-11-16)23-18(27)12-17-20(29)25(2)21(31)26(17)24-19(28)13-4-6-14(22)7-5-13/h4-11,17H,3,12H2,1-2H3,(H,23,27)(H,24,28)/t17-/m1/s1. The molecule has 1 aliphatic rings. The molecule has 8 nitrogen and oxygen atoms in total. The number of carbonyl (C=O) groups is 3. The number of nitrogens with zero attached hydrogens (tertiary/aromatic N) is 2. The highest BCUT2D eigenvalue weighted by Gasteiger charge is 2.42. The average molecular weight is 461 g/mol. The zero-order valence-corrected chi connectivity index (χ0v) is 18.5. The third kappa shape index (κ3) is 5.31. The van der Waals surface area contributed by atoms with E-state index in [1.165, 1.54) is 17.0 Å². The second kappa shape index (κ2) is 9.76. The molecular formula is C21H21ClN4O4S. The highest BCUT2D eigenvalue weighted by atomic mass is 35.5. The molecule has 1 heterocycles. The Morgan fingerprint density at radius 1 is 1.13 bits per heavy atom. The van der Waals surface area contributed by atoms with E-state index in [4.69, 9.17) is 28.6 Å². The van der Waals surface area contributed by atoms with Gasteiger partial charge in [0.1, 0.15) is 11.8 Å². The van der Waals surface area contributed by atoms with Crippen LogP contribution in [0.5, 0.6) is 5.75 Å². The average Bonchev–Trinajstić information content (AvgIpc) is 2.94. The highest BCUT2D eigenvalue weighted by Crippen LogP contribution is 2.20. The maximum absolute atomic E-state index is 12.6. The molecule has 0 aliphatic carbocycles. The van der Waals surface area contributed by atoms with Gasteiger partial charge in [-0.2, -0.15) is 0 Å². The van der Waals surface area contributed by atoms with Crippen LogP contribution in [0.2, 0.25) is 5.02 Å². The Kier molecular flexibility index (Phi) is 7.09. The number of hydrogen-bond acceptors (Lipinski definition) is 5. The van der Waals surface area contributed by atoms with Gasteiger partial charge in [0.2, 0.25) is 5.91 Å². The topological polar surface area (TPSA) is 91.0 Å². The third-order valence-corrected chi connectivity index (χ3v) is 5.30. The van der Waals surface area contributed by atoms with Gasteiger partial charge in [-0.1, -0.05) is 11.6 Å². The molecule has 2 aromatic rings. The number of hydrogen-bond donors (Lipinski definition) is 2. The van der Waals surface area contributed by atoms with Crippen molar-refractivity contribution in [1.82, 2.24) is 15.3 Å². The minimum absolute atomic E-state index is 0.103. The lowest BCUT2D eigenvalue weighted by Gasteiger charge is -2.24. The third-order valence-electron chi connectivity index (χ3n) is 4.58. The van der Waals surface area contributed by atoms with E-state index < -0.39 is 17.9 Å². The van der Waals surface area contributed by atoms with Crippen LogP contribution in [0, 0.1) is 0 Å². The number of rotatable bonds is 7. The second-order valence-corrected chi connectivity index (χ2v) is 7.52. The SMILES string of the molecule is CCOc1ccc(NC(=O)C[C@@H]2C(=O)N(C)C(=S)N2NC(=O)c2ccc(Cl)cc2)cc1. The molecule has 1 aliphatic heterocycles. The molecule has 3 amide bonds. The predicted octanol–water partition coefficient (Wildman–Crippen LogP) is 2.84. The van der Waals surface area contributed by atoms with Crippen LogP contribution in [0.4, 0.5) is 5.69 Å². The van der Waals surface area contributed by atoms with Crippen LogP contribution in [-0.2, 0) is 9.59 Å². The summed E-state index contributed by atoms with van der Waals surface area (Å²) in [5.74, 6) is -0.567. The number of hydrazine groups is 1. The number of thiocarbonyl (C=S) groups is 1. The molecule has 0 aromatic heterocycles. The molecule has 0 unspecified atom stereocenters. The number of carbonyl (C=O) groups excluding carboxylic acids is 3. The fourth-order valence-electron chi connectivity index (χ4n) is 2.99. The molecule has 1 fully saturated rings. The Bertz CT molecular complexity index is 997. The Morgan fingerprint density at radius 3 is 2.39 bits per heavy atom. The Labute approximate surface area is 190 Å². The lowest BCUT2D eigenvalue weighted by atomic mass is 10.2. The molecule has 1 saturated heterocycles. The summed E-state index contributed by atoms with van der Waals surface area (Å²) in [5, 5.41) is 4.58. The van der Waals surface area contributed by atoms with E-state index in [1.54, 1.807) is 48.5 Å². The molecule has 3 rings (SSSR count). The van der Waals surface area contributed by atoms with Crippen molar-refractivity contribution in [3.8, 4) is 5.75 Å². The molecule has 0 radical (unpaired) electrons. The first-order valence-electron chi connectivity index (χ1n) is 9.50. The van der Waals surface area contributed by atoms with Crippen LogP contribution in [-0.4, -0.2) is 52.4 Å². The molecule has 2 N–H and O–H groups in total. The summed E-state index contributed by atoms with van der Waals surface area (Å²) in [5.41, 5.74) is 3.52. The summed E-state index contributed by atoms with van der Waals surface area (Å²) in [7, 11) is 1.50. The lowest BCUT2D eigenvalue weighted by Crippen LogP contribution is -2.49.